The Kier molecular flexibility index (Phi) is 5.16. The summed E-state index contributed by atoms with van der Waals surface area (Å²) in [5.74, 6) is 0.246. The minimum atomic E-state index is -0.0711. The van der Waals surface area contributed by atoms with E-state index >= 15 is 0 Å². The molecule has 8 heteroatoms. The lowest BCUT2D eigenvalue weighted by atomic mass is 10.3. The highest BCUT2D eigenvalue weighted by Crippen LogP contribution is 2.26. The van der Waals surface area contributed by atoms with E-state index < -0.39 is 0 Å². The van der Waals surface area contributed by atoms with Gasteiger partial charge in [-0.3, -0.25) is 4.79 Å². The maximum absolute atomic E-state index is 11.7. The Labute approximate surface area is 129 Å². The molecule has 0 aliphatic rings. The molecule has 0 aliphatic carbocycles. The monoisotopic (exact) mass is 407 g/mol. The van der Waals surface area contributed by atoms with Crippen molar-refractivity contribution in [3.63, 3.8) is 0 Å². The van der Waals surface area contributed by atoms with Crippen LogP contribution in [0.1, 0.15) is 0 Å². The first kappa shape index (κ1) is 14.0. The fraction of sp³-hybridized carbons (Fsp3) is 0.100. The predicted octanol–water partition coefficient (Wildman–Crippen LogP) is 3.79. The lowest BCUT2D eigenvalue weighted by Crippen LogP contribution is -2.14. The Morgan fingerprint density at radius 1 is 1.44 bits per heavy atom. The van der Waals surface area contributed by atoms with E-state index in [2.05, 4.69) is 47.4 Å². The predicted molar refractivity (Wildman–Crippen MR) is 81.1 cm³/mol. The third-order valence-corrected chi connectivity index (χ3v) is 4.88. The average molecular weight is 409 g/mol. The lowest BCUT2D eigenvalue weighted by molar-refractivity contribution is -0.113. The Bertz CT molecular complexity index is 548. The maximum Gasteiger partial charge on any atom is 0.234 e. The van der Waals surface area contributed by atoms with Crippen molar-refractivity contribution in [1.29, 1.82) is 0 Å². The zero-order valence-electron chi connectivity index (χ0n) is 8.89. The summed E-state index contributed by atoms with van der Waals surface area (Å²) in [7, 11) is 0. The highest BCUT2D eigenvalue weighted by Gasteiger charge is 2.08. The van der Waals surface area contributed by atoms with Gasteiger partial charge in [-0.25, -0.2) is 0 Å². The summed E-state index contributed by atoms with van der Waals surface area (Å²) < 4.78 is 2.58. The summed E-state index contributed by atoms with van der Waals surface area (Å²) in [6.07, 6.45) is 0. The number of carbonyl (C=O) groups is 1. The van der Waals surface area contributed by atoms with Gasteiger partial charge in [0.15, 0.2) is 4.34 Å². The Morgan fingerprint density at radius 3 is 2.94 bits per heavy atom. The van der Waals surface area contributed by atoms with Crippen LogP contribution in [0.25, 0.3) is 0 Å². The molecule has 1 N–H and O–H groups in total. The second-order valence-electron chi connectivity index (χ2n) is 3.17. The van der Waals surface area contributed by atoms with Crippen molar-refractivity contribution in [3.8, 4) is 0 Å². The Balaban J connectivity index is 1.91. The number of nitrogens with one attached hydrogen (secondary N) is 1. The highest BCUT2D eigenvalue weighted by atomic mass is 79.9. The summed E-state index contributed by atoms with van der Waals surface area (Å²) in [5, 5.41) is 10.4. The van der Waals surface area contributed by atoms with E-state index in [-0.39, 0.29) is 5.91 Å². The number of rotatable bonds is 4. The number of aromatic nitrogens is 2. The van der Waals surface area contributed by atoms with Gasteiger partial charge in [-0.15, -0.1) is 10.2 Å². The number of anilines is 1. The summed E-state index contributed by atoms with van der Waals surface area (Å²) in [6.45, 7) is 0. The van der Waals surface area contributed by atoms with Crippen LogP contribution in [0.2, 0.25) is 0 Å². The van der Waals surface area contributed by atoms with Gasteiger partial charge in [-0.05, 0) is 34.1 Å². The molecule has 2 rings (SSSR count). The van der Waals surface area contributed by atoms with Crippen LogP contribution < -0.4 is 5.32 Å². The first-order valence-electron chi connectivity index (χ1n) is 4.79. The van der Waals surface area contributed by atoms with E-state index in [4.69, 9.17) is 0 Å². The number of carbonyl (C=O) groups excluding carboxylic acids is 1. The third kappa shape index (κ3) is 4.04. The SMILES string of the molecule is O=C(CSc1nncs1)Nc1ccc(Br)cc1Br. The quantitative estimate of drug-likeness (QED) is 0.781. The van der Waals surface area contributed by atoms with Crippen LogP contribution in [0.15, 0.2) is 37.0 Å². The number of nitrogens with zero attached hydrogens (tertiary/aromatic N) is 2. The molecule has 2 aromatic rings. The summed E-state index contributed by atoms with van der Waals surface area (Å²) in [5.41, 5.74) is 2.40. The van der Waals surface area contributed by atoms with Crippen LogP contribution in [-0.4, -0.2) is 21.9 Å². The largest absolute Gasteiger partial charge is 0.324 e. The fourth-order valence-electron chi connectivity index (χ4n) is 1.13. The van der Waals surface area contributed by atoms with Crippen LogP contribution in [0.3, 0.4) is 0 Å². The van der Waals surface area contributed by atoms with E-state index in [0.717, 1.165) is 19.0 Å². The Morgan fingerprint density at radius 2 is 2.28 bits per heavy atom. The molecule has 1 heterocycles. The van der Waals surface area contributed by atoms with Gasteiger partial charge in [0.05, 0.1) is 11.4 Å². The molecule has 0 bridgehead atoms. The average Bonchev–Trinajstić information content (AvgIpc) is 2.83. The molecule has 0 atom stereocenters. The molecule has 0 unspecified atom stereocenters. The molecule has 1 amide bonds. The summed E-state index contributed by atoms with van der Waals surface area (Å²) in [4.78, 5) is 11.7. The number of thioether (sulfide) groups is 1. The zero-order valence-corrected chi connectivity index (χ0v) is 13.7. The first-order chi connectivity index (χ1) is 8.65. The smallest absolute Gasteiger partial charge is 0.234 e. The van der Waals surface area contributed by atoms with E-state index in [1.54, 1.807) is 5.51 Å². The van der Waals surface area contributed by atoms with E-state index in [1.807, 2.05) is 18.2 Å². The number of hydrogen-bond donors (Lipinski definition) is 1. The van der Waals surface area contributed by atoms with E-state index in [9.17, 15) is 4.79 Å². The lowest BCUT2D eigenvalue weighted by Gasteiger charge is -2.06. The molecule has 0 radical (unpaired) electrons. The number of benzene rings is 1. The van der Waals surface area contributed by atoms with Crippen LogP contribution in [0, 0.1) is 0 Å². The van der Waals surface area contributed by atoms with Crippen LogP contribution in [0.5, 0.6) is 0 Å². The molecule has 4 nitrogen and oxygen atoms in total. The normalized spacial score (nSPS) is 10.3. The van der Waals surface area contributed by atoms with Crippen LogP contribution in [0.4, 0.5) is 5.69 Å². The molecule has 1 aromatic heterocycles. The minimum Gasteiger partial charge on any atom is -0.324 e. The van der Waals surface area contributed by atoms with Crippen molar-refractivity contribution in [2.75, 3.05) is 11.1 Å². The van der Waals surface area contributed by atoms with Gasteiger partial charge >= 0.3 is 0 Å². The summed E-state index contributed by atoms with van der Waals surface area (Å²) >= 11 is 9.55. The number of halogens is 2. The second-order valence-corrected chi connectivity index (χ2v) is 6.99. The van der Waals surface area contributed by atoms with Gasteiger partial charge in [0.1, 0.15) is 5.51 Å². The van der Waals surface area contributed by atoms with Crippen molar-refractivity contribution >= 4 is 66.6 Å². The van der Waals surface area contributed by atoms with Crippen molar-refractivity contribution in [3.05, 3.63) is 32.7 Å². The maximum atomic E-state index is 11.7. The van der Waals surface area contributed by atoms with Crippen LogP contribution >= 0.6 is 55.0 Å². The fourth-order valence-corrected chi connectivity index (χ4v) is 3.56. The van der Waals surface area contributed by atoms with Crippen LogP contribution in [-0.2, 0) is 4.79 Å². The molecule has 0 saturated carbocycles. The summed E-state index contributed by atoms with van der Waals surface area (Å²) in [6, 6.07) is 5.59. The zero-order chi connectivity index (χ0) is 13.0. The standard InChI is InChI=1S/C10H7Br2N3OS2/c11-6-1-2-8(7(12)3-6)14-9(16)4-17-10-15-13-5-18-10/h1-3,5H,4H2,(H,14,16). The molecular formula is C10H7Br2N3OS2. The van der Waals surface area contributed by atoms with E-state index in [0.29, 0.717) is 5.75 Å². The van der Waals surface area contributed by atoms with Gasteiger partial charge < -0.3 is 5.32 Å². The number of hydrogen-bond acceptors (Lipinski definition) is 5. The Hall–Kier alpha value is -0.440. The molecule has 0 fully saturated rings. The molecule has 0 aliphatic heterocycles. The molecule has 0 saturated heterocycles. The molecule has 94 valence electrons. The highest BCUT2D eigenvalue weighted by molar-refractivity contribution is 9.11. The second kappa shape index (κ2) is 6.65. The van der Waals surface area contributed by atoms with Crippen molar-refractivity contribution in [1.82, 2.24) is 10.2 Å². The van der Waals surface area contributed by atoms with Crippen molar-refractivity contribution in [2.45, 2.75) is 4.34 Å². The van der Waals surface area contributed by atoms with Gasteiger partial charge in [0.2, 0.25) is 5.91 Å². The molecule has 0 spiro atoms. The van der Waals surface area contributed by atoms with Crippen molar-refractivity contribution in [2.24, 2.45) is 0 Å². The first-order valence-corrected chi connectivity index (χ1v) is 8.24. The van der Waals surface area contributed by atoms with Gasteiger partial charge in [-0.1, -0.05) is 39.0 Å². The van der Waals surface area contributed by atoms with Gasteiger partial charge in [-0.2, -0.15) is 0 Å². The topological polar surface area (TPSA) is 54.9 Å². The third-order valence-electron chi connectivity index (χ3n) is 1.87. The van der Waals surface area contributed by atoms with E-state index in [1.165, 1.54) is 23.1 Å². The molecule has 1 aromatic carbocycles. The number of amides is 1. The van der Waals surface area contributed by atoms with Gasteiger partial charge in [0.25, 0.3) is 0 Å². The molecular weight excluding hydrogens is 402 g/mol. The molecule has 18 heavy (non-hydrogen) atoms. The van der Waals surface area contributed by atoms with Gasteiger partial charge in [0, 0.05) is 8.95 Å². The van der Waals surface area contributed by atoms with Crippen molar-refractivity contribution < 1.29 is 4.79 Å². The minimum absolute atomic E-state index is 0.0711.